The van der Waals surface area contributed by atoms with Crippen molar-refractivity contribution in [1.82, 2.24) is 4.98 Å². The Kier molecular flexibility index (Phi) is 2.27. The number of aromatic nitrogens is 1. The predicted octanol–water partition coefficient (Wildman–Crippen LogP) is 2.67. The van der Waals surface area contributed by atoms with Crippen molar-refractivity contribution in [3.63, 3.8) is 0 Å². The third kappa shape index (κ3) is 1.49. The van der Waals surface area contributed by atoms with Crippen LogP contribution in [-0.2, 0) is 23.1 Å². The number of halogens is 1. The molecule has 0 unspecified atom stereocenters. The van der Waals surface area contributed by atoms with E-state index < -0.39 is 5.41 Å². The smallest absolute Gasteiger partial charge is 0.237 e. The number of anilines is 1. The Morgan fingerprint density at radius 1 is 1.21 bits per heavy atom. The molecule has 2 heterocycles. The van der Waals surface area contributed by atoms with Gasteiger partial charge in [0, 0.05) is 15.3 Å². The monoisotopic (exact) mass is 362 g/mol. The highest BCUT2D eigenvalue weighted by molar-refractivity contribution is 14.1. The summed E-state index contributed by atoms with van der Waals surface area (Å²) >= 11 is 2.32. The lowest BCUT2D eigenvalue weighted by Gasteiger charge is -2.20. The maximum Gasteiger partial charge on any atom is 0.237 e. The molecule has 1 spiro atoms. The summed E-state index contributed by atoms with van der Waals surface area (Å²) in [7, 11) is 0. The molecule has 1 aromatic heterocycles. The van der Waals surface area contributed by atoms with Gasteiger partial charge in [-0.1, -0.05) is 12.1 Å². The quantitative estimate of drug-likeness (QED) is 0.733. The van der Waals surface area contributed by atoms with Crippen molar-refractivity contribution in [2.75, 3.05) is 5.32 Å². The van der Waals surface area contributed by atoms with E-state index in [0.29, 0.717) is 0 Å². The molecule has 1 aromatic carbocycles. The molecule has 1 amide bonds. The first-order chi connectivity index (χ1) is 9.19. The molecule has 0 fully saturated rings. The Bertz CT molecular complexity index is 713. The summed E-state index contributed by atoms with van der Waals surface area (Å²) in [5.74, 6) is 0.822. The van der Waals surface area contributed by atoms with Crippen molar-refractivity contribution in [2.45, 2.75) is 18.3 Å². The number of amides is 1. The first-order valence-electron chi connectivity index (χ1n) is 6.23. The minimum Gasteiger partial charge on any atom is -0.310 e. The SMILES string of the molecule is O=C1Nc2ncccc2[C@]12Cc1ccc(I)cc1C2. The lowest BCUT2D eigenvalue weighted by Crippen LogP contribution is -2.35. The standard InChI is InChI=1S/C15H11IN2O/c16-11-4-3-9-7-15(8-10(9)6-11)12-2-1-5-17-13(12)18-14(15)19/h1-6H,7-8H2,(H,17,18,19)/t15-/m1/s1. The van der Waals surface area contributed by atoms with Crippen LogP contribution < -0.4 is 5.32 Å². The fourth-order valence-corrected chi connectivity index (χ4v) is 3.79. The van der Waals surface area contributed by atoms with Crippen LogP contribution in [0.3, 0.4) is 0 Å². The number of pyridine rings is 1. The second-order valence-corrected chi connectivity index (χ2v) is 6.45. The van der Waals surface area contributed by atoms with E-state index in [2.05, 4.69) is 51.1 Å². The normalized spacial score (nSPS) is 23.3. The molecule has 4 heteroatoms. The first-order valence-corrected chi connectivity index (χ1v) is 7.31. The average Bonchev–Trinajstić information content (AvgIpc) is 2.90. The number of nitrogens with one attached hydrogen (secondary N) is 1. The second kappa shape index (κ2) is 3.79. The summed E-state index contributed by atoms with van der Waals surface area (Å²) in [6.07, 6.45) is 3.29. The van der Waals surface area contributed by atoms with Gasteiger partial charge in [0.15, 0.2) is 0 Å². The number of hydrogen-bond acceptors (Lipinski definition) is 2. The predicted molar refractivity (Wildman–Crippen MR) is 81.1 cm³/mol. The van der Waals surface area contributed by atoms with Crippen molar-refractivity contribution in [3.05, 3.63) is 56.8 Å². The molecule has 2 aliphatic rings. The highest BCUT2D eigenvalue weighted by Crippen LogP contribution is 2.46. The first kappa shape index (κ1) is 11.4. The van der Waals surface area contributed by atoms with Crippen LogP contribution in [0, 0.1) is 3.57 Å². The number of nitrogens with zero attached hydrogens (tertiary/aromatic N) is 1. The van der Waals surface area contributed by atoms with Crippen LogP contribution >= 0.6 is 22.6 Å². The summed E-state index contributed by atoms with van der Waals surface area (Å²) in [6.45, 7) is 0. The van der Waals surface area contributed by atoms with Gasteiger partial charge in [-0.05, 0) is 64.8 Å². The van der Waals surface area contributed by atoms with Gasteiger partial charge in [-0.2, -0.15) is 0 Å². The number of hydrogen-bond donors (Lipinski definition) is 1. The number of carbonyl (C=O) groups is 1. The van der Waals surface area contributed by atoms with Gasteiger partial charge in [0.1, 0.15) is 5.82 Å². The van der Waals surface area contributed by atoms with E-state index >= 15 is 0 Å². The van der Waals surface area contributed by atoms with Crippen LogP contribution in [0.1, 0.15) is 16.7 Å². The summed E-state index contributed by atoms with van der Waals surface area (Å²) in [4.78, 5) is 16.7. The Labute approximate surface area is 124 Å². The van der Waals surface area contributed by atoms with Gasteiger partial charge in [0.25, 0.3) is 0 Å². The highest BCUT2D eigenvalue weighted by Gasteiger charge is 2.50. The molecule has 0 saturated carbocycles. The summed E-state index contributed by atoms with van der Waals surface area (Å²) in [5, 5.41) is 2.93. The molecule has 94 valence electrons. The Hall–Kier alpha value is -1.43. The van der Waals surface area contributed by atoms with E-state index in [9.17, 15) is 4.79 Å². The van der Waals surface area contributed by atoms with Crippen LogP contribution in [0.25, 0.3) is 0 Å². The lowest BCUT2D eigenvalue weighted by molar-refractivity contribution is -0.120. The molecular weight excluding hydrogens is 351 g/mol. The zero-order chi connectivity index (χ0) is 13.0. The van der Waals surface area contributed by atoms with Crippen molar-refractivity contribution >= 4 is 34.3 Å². The van der Waals surface area contributed by atoms with Gasteiger partial charge in [-0.15, -0.1) is 0 Å². The van der Waals surface area contributed by atoms with Gasteiger partial charge in [0.05, 0.1) is 5.41 Å². The maximum atomic E-state index is 12.5. The van der Waals surface area contributed by atoms with E-state index in [-0.39, 0.29) is 5.91 Å². The average molecular weight is 362 g/mol. The Morgan fingerprint density at radius 3 is 2.95 bits per heavy atom. The summed E-state index contributed by atoms with van der Waals surface area (Å²) in [6, 6.07) is 10.4. The fraction of sp³-hybridized carbons (Fsp3) is 0.200. The van der Waals surface area contributed by atoms with Crippen molar-refractivity contribution in [1.29, 1.82) is 0 Å². The molecule has 1 aliphatic carbocycles. The van der Waals surface area contributed by atoms with Crippen LogP contribution in [0.15, 0.2) is 36.5 Å². The zero-order valence-electron chi connectivity index (χ0n) is 10.1. The van der Waals surface area contributed by atoms with Crippen LogP contribution in [0.2, 0.25) is 0 Å². The molecule has 1 atom stereocenters. The minimum atomic E-state index is -0.434. The van der Waals surface area contributed by atoms with Gasteiger partial charge in [0.2, 0.25) is 5.91 Å². The van der Waals surface area contributed by atoms with Crippen molar-refractivity contribution < 1.29 is 4.79 Å². The second-order valence-electron chi connectivity index (χ2n) is 5.20. The highest BCUT2D eigenvalue weighted by atomic mass is 127. The third-order valence-electron chi connectivity index (χ3n) is 4.14. The number of rotatable bonds is 0. The molecule has 2 aromatic rings. The molecule has 0 radical (unpaired) electrons. The molecule has 1 aliphatic heterocycles. The molecule has 0 saturated heterocycles. The van der Waals surface area contributed by atoms with E-state index in [1.165, 1.54) is 14.7 Å². The molecule has 0 bridgehead atoms. The third-order valence-corrected chi connectivity index (χ3v) is 4.81. The number of carbonyl (C=O) groups excluding carboxylic acids is 1. The van der Waals surface area contributed by atoms with Gasteiger partial charge in [-0.3, -0.25) is 4.79 Å². The van der Waals surface area contributed by atoms with Gasteiger partial charge in [-0.25, -0.2) is 4.98 Å². The summed E-state index contributed by atoms with van der Waals surface area (Å²) < 4.78 is 1.22. The van der Waals surface area contributed by atoms with Crippen LogP contribution in [0.5, 0.6) is 0 Å². The van der Waals surface area contributed by atoms with Crippen LogP contribution in [-0.4, -0.2) is 10.9 Å². The number of fused-ring (bicyclic) bond motifs is 3. The largest absolute Gasteiger partial charge is 0.310 e. The molecular formula is C15H11IN2O. The molecule has 4 rings (SSSR count). The minimum absolute atomic E-state index is 0.0902. The molecule has 1 N–H and O–H groups in total. The summed E-state index contributed by atoms with van der Waals surface area (Å²) in [5.41, 5.74) is 3.19. The maximum absolute atomic E-state index is 12.5. The van der Waals surface area contributed by atoms with E-state index in [1.807, 2.05) is 12.1 Å². The van der Waals surface area contributed by atoms with Gasteiger partial charge >= 0.3 is 0 Å². The van der Waals surface area contributed by atoms with E-state index in [1.54, 1.807) is 6.20 Å². The lowest BCUT2D eigenvalue weighted by atomic mass is 9.79. The molecule has 3 nitrogen and oxygen atoms in total. The fourth-order valence-electron chi connectivity index (χ4n) is 3.24. The van der Waals surface area contributed by atoms with Gasteiger partial charge < -0.3 is 5.32 Å². The zero-order valence-corrected chi connectivity index (χ0v) is 12.3. The van der Waals surface area contributed by atoms with Crippen LogP contribution in [0.4, 0.5) is 5.82 Å². The van der Waals surface area contributed by atoms with Crippen molar-refractivity contribution in [3.8, 4) is 0 Å². The number of benzene rings is 1. The topological polar surface area (TPSA) is 42.0 Å². The van der Waals surface area contributed by atoms with E-state index in [0.717, 1.165) is 24.2 Å². The Morgan fingerprint density at radius 2 is 2.05 bits per heavy atom. The van der Waals surface area contributed by atoms with E-state index in [4.69, 9.17) is 0 Å². The Balaban J connectivity index is 1.88. The van der Waals surface area contributed by atoms with Crippen molar-refractivity contribution in [2.24, 2.45) is 0 Å². The molecule has 19 heavy (non-hydrogen) atoms.